The fourth-order valence-electron chi connectivity index (χ4n) is 1.56. The molecule has 2 heterocycles. The third-order valence-corrected chi connectivity index (χ3v) is 2.49. The Labute approximate surface area is 105 Å². The number of nitrogens with zero attached hydrogens (tertiary/aromatic N) is 4. The predicted octanol–water partition coefficient (Wildman–Crippen LogP) is 3.03. The van der Waals surface area contributed by atoms with Crippen molar-refractivity contribution < 1.29 is 13.2 Å². The summed E-state index contributed by atoms with van der Waals surface area (Å²) in [5.41, 5.74) is -1.20. The van der Waals surface area contributed by atoms with Crippen LogP contribution in [-0.4, -0.2) is 19.5 Å². The molecule has 0 fully saturated rings. The average molecular weight is 277 g/mol. The van der Waals surface area contributed by atoms with Crippen LogP contribution in [0.2, 0.25) is 5.15 Å². The first-order chi connectivity index (χ1) is 8.43. The molecule has 0 unspecified atom stereocenters. The van der Waals surface area contributed by atoms with Gasteiger partial charge in [-0.2, -0.15) is 13.2 Å². The standard InChI is InChI=1S/C10H8ClF3N4/c1-2-18-4-7(11)17-9(18)6-3-15-5-16-8(6)10(12,13)14/h3-5H,2H2,1H3. The minimum absolute atomic E-state index is 0.107. The van der Waals surface area contributed by atoms with Gasteiger partial charge >= 0.3 is 6.18 Å². The minimum atomic E-state index is -4.56. The Hall–Kier alpha value is -1.63. The van der Waals surface area contributed by atoms with Crippen LogP contribution in [0.25, 0.3) is 11.4 Å². The van der Waals surface area contributed by atoms with Gasteiger partial charge in [-0.15, -0.1) is 0 Å². The molecule has 96 valence electrons. The van der Waals surface area contributed by atoms with Crippen LogP contribution >= 0.6 is 11.6 Å². The van der Waals surface area contributed by atoms with Crippen LogP contribution in [-0.2, 0) is 12.7 Å². The second-order valence-electron chi connectivity index (χ2n) is 3.46. The summed E-state index contributed by atoms with van der Waals surface area (Å²) in [6.07, 6.45) is -1.16. The predicted molar refractivity (Wildman–Crippen MR) is 58.9 cm³/mol. The lowest BCUT2D eigenvalue weighted by Gasteiger charge is -2.11. The van der Waals surface area contributed by atoms with Gasteiger partial charge in [0.05, 0.1) is 5.56 Å². The summed E-state index contributed by atoms with van der Waals surface area (Å²) in [7, 11) is 0. The molecule has 4 nitrogen and oxygen atoms in total. The first kappa shape index (κ1) is 12.8. The fourth-order valence-corrected chi connectivity index (χ4v) is 1.76. The maximum Gasteiger partial charge on any atom is 0.434 e. The highest BCUT2D eigenvalue weighted by Gasteiger charge is 2.36. The van der Waals surface area contributed by atoms with Crippen LogP contribution in [0, 0.1) is 0 Å². The summed E-state index contributed by atoms with van der Waals surface area (Å²) >= 11 is 5.71. The quantitative estimate of drug-likeness (QED) is 0.847. The molecule has 2 aromatic rings. The Morgan fingerprint density at radius 1 is 1.39 bits per heavy atom. The van der Waals surface area contributed by atoms with Crippen molar-refractivity contribution in [3.63, 3.8) is 0 Å². The van der Waals surface area contributed by atoms with E-state index >= 15 is 0 Å². The van der Waals surface area contributed by atoms with Crippen molar-refractivity contribution in [1.82, 2.24) is 19.5 Å². The minimum Gasteiger partial charge on any atom is -0.330 e. The number of rotatable bonds is 2. The van der Waals surface area contributed by atoms with Gasteiger partial charge in [-0.3, -0.25) is 0 Å². The lowest BCUT2D eigenvalue weighted by Crippen LogP contribution is -2.12. The summed E-state index contributed by atoms with van der Waals surface area (Å²) in [5.74, 6) is 0.107. The molecule has 0 aliphatic carbocycles. The highest BCUT2D eigenvalue weighted by Crippen LogP contribution is 2.34. The molecule has 0 radical (unpaired) electrons. The van der Waals surface area contributed by atoms with Crippen LogP contribution in [0.3, 0.4) is 0 Å². The van der Waals surface area contributed by atoms with E-state index < -0.39 is 11.9 Å². The van der Waals surface area contributed by atoms with Crippen LogP contribution in [0.15, 0.2) is 18.7 Å². The van der Waals surface area contributed by atoms with Crippen LogP contribution in [0.5, 0.6) is 0 Å². The Morgan fingerprint density at radius 3 is 2.72 bits per heavy atom. The number of hydrogen-bond donors (Lipinski definition) is 0. The summed E-state index contributed by atoms with van der Waals surface area (Å²) < 4.78 is 40.0. The Bertz CT molecular complexity index is 564. The second kappa shape index (κ2) is 4.56. The molecule has 0 bridgehead atoms. The molecular formula is C10H8ClF3N4. The molecule has 0 N–H and O–H groups in total. The molecule has 0 saturated carbocycles. The summed E-state index contributed by atoms with van der Waals surface area (Å²) in [4.78, 5) is 10.8. The van der Waals surface area contributed by atoms with Crippen molar-refractivity contribution in [2.75, 3.05) is 0 Å². The van der Waals surface area contributed by atoms with E-state index in [-0.39, 0.29) is 16.5 Å². The van der Waals surface area contributed by atoms with Crippen molar-refractivity contribution in [1.29, 1.82) is 0 Å². The van der Waals surface area contributed by atoms with Gasteiger partial charge < -0.3 is 4.57 Å². The highest BCUT2D eigenvalue weighted by atomic mass is 35.5. The van der Waals surface area contributed by atoms with E-state index in [2.05, 4.69) is 15.0 Å². The SMILES string of the molecule is CCn1cc(Cl)nc1-c1cncnc1C(F)(F)F. The molecule has 0 aliphatic heterocycles. The average Bonchev–Trinajstić information content (AvgIpc) is 2.69. The lowest BCUT2D eigenvalue weighted by molar-refractivity contribution is -0.140. The maximum atomic E-state index is 12.8. The van der Waals surface area contributed by atoms with E-state index in [1.165, 1.54) is 10.8 Å². The van der Waals surface area contributed by atoms with Gasteiger partial charge in [0, 0.05) is 18.9 Å². The topological polar surface area (TPSA) is 43.6 Å². The molecule has 0 saturated heterocycles. The van der Waals surface area contributed by atoms with Crippen molar-refractivity contribution in [2.45, 2.75) is 19.6 Å². The molecular weight excluding hydrogens is 269 g/mol. The van der Waals surface area contributed by atoms with Crippen molar-refractivity contribution in [3.8, 4) is 11.4 Å². The number of aryl methyl sites for hydroxylation is 1. The monoisotopic (exact) mass is 276 g/mol. The van der Waals surface area contributed by atoms with E-state index in [0.717, 1.165) is 12.5 Å². The molecule has 0 aromatic carbocycles. The zero-order chi connectivity index (χ0) is 13.3. The Kier molecular flexibility index (Phi) is 3.25. The molecule has 18 heavy (non-hydrogen) atoms. The first-order valence-electron chi connectivity index (χ1n) is 5.03. The summed E-state index contributed by atoms with van der Waals surface area (Å²) in [6.45, 7) is 2.22. The van der Waals surface area contributed by atoms with Gasteiger partial charge in [0.1, 0.15) is 17.3 Å². The van der Waals surface area contributed by atoms with Gasteiger partial charge in [0.15, 0.2) is 5.69 Å². The zero-order valence-electron chi connectivity index (χ0n) is 9.24. The molecule has 2 aromatic heterocycles. The third kappa shape index (κ3) is 2.31. The largest absolute Gasteiger partial charge is 0.434 e. The second-order valence-corrected chi connectivity index (χ2v) is 3.84. The number of alkyl halides is 3. The number of aromatic nitrogens is 4. The van der Waals surface area contributed by atoms with Gasteiger partial charge in [-0.1, -0.05) is 11.6 Å². The van der Waals surface area contributed by atoms with Gasteiger partial charge in [0.25, 0.3) is 0 Å². The van der Waals surface area contributed by atoms with E-state index in [9.17, 15) is 13.2 Å². The van der Waals surface area contributed by atoms with Crippen LogP contribution in [0.1, 0.15) is 12.6 Å². The summed E-state index contributed by atoms with van der Waals surface area (Å²) in [5, 5.41) is 0.129. The van der Waals surface area contributed by atoms with Gasteiger partial charge in [-0.25, -0.2) is 15.0 Å². The van der Waals surface area contributed by atoms with Crippen LogP contribution in [0.4, 0.5) is 13.2 Å². The summed E-state index contributed by atoms with van der Waals surface area (Å²) in [6, 6.07) is 0. The number of imidazole rings is 1. The first-order valence-corrected chi connectivity index (χ1v) is 5.41. The number of hydrogen-bond acceptors (Lipinski definition) is 3. The third-order valence-electron chi connectivity index (χ3n) is 2.31. The van der Waals surface area contributed by atoms with Crippen molar-refractivity contribution in [2.24, 2.45) is 0 Å². The van der Waals surface area contributed by atoms with E-state index in [0.29, 0.717) is 6.54 Å². The van der Waals surface area contributed by atoms with Crippen LogP contribution < -0.4 is 0 Å². The molecule has 0 amide bonds. The number of halogens is 4. The van der Waals surface area contributed by atoms with Crippen molar-refractivity contribution in [3.05, 3.63) is 29.6 Å². The van der Waals surface area contributed by atoms with Crippen molar-refractivity contribution >= 4 is 11.6 Å². The van der Waals surface area contributed by atoms with Gasteiger partial charge in [-0.05, 0) is 6.92 Å². The Balaban J connectivity index is 2.64. The zero-order valence-corrected chi connectivity index (χ0v) is 10.00. The molecule has 0 aliphatic rings. The smallest absolute Gasteiger partial charge is 0.330 e. The van der Waals surface area contributed by atoms with E-state index in [4.69, 9.17) is 11.6 Å². The maximum absolute atomic E-state index is 12.8. The highest BCUT2D eigenvalue weighted by molar-refractivity contribution is 6.29. The molecule has 0 atom stereocenters. The lowest BCUT2D eigenvalue weighted by atomic mass is 10.2. The van der Waals surface area contributed by atoms with E-state index in [1.807, 2.05) is 0 Å². The molecule has 2 rings (SSSR count). The normalized spacial score (nSPS) is 11.8. The Morgan fingerprint density at radius 2 is 2.11 bits per heavy atom. The molecule has 0 spiro atoms. The molecule has 8 heteroatoms. The fraction of sp³-hybridized carbons (Fsp3) is 0.300. The van der Waals surface area contributed by atoms with Gasteiger partial charge in [0.2, 0.25) is 0 Å². The van der Waals surface area contributed by atoms with E-state index in [1.54, 1.807) is 6.92 Å².